The van der Waals surface area contributed by atoms with Crippen LogP contribution in [0, 0.1) is 18.7 Å². The molecule has 0 saturated carbocycles. The van der Waals surface area contributed by atoms with Crippen LogP contribution in [-0.2, 0) is 12.8 Å². The third-order valence-corrected chi connectivity index (χ3v) is 5.65. The zero-order valence-electron chi connectivity index (χ0n) is 16.0. The fourth-order valence-electron chi connectivity index (χ4n) is 4.11. The van der Waals surface area contributed by atoms with Gasteiger partial charge in [-0.05, 0) is 43.7 Å². The zero-order chi connectivity index (χ0) is 19.1. The molecule has 0 aliphatic carbocycles. The minimum absolute atomic E-state index is 0.196. The van der Waals surface area contributed by atoms with E-state index in [2.05, 4.69) is 15.3 Å². The van der Waals surface area contributed by atoms with E-state index in [4.69, 9.17) is 9.72 Å². The van der Waals surface area contributed by atoms with Gasteiger partial charge >= 0.3 is 0 Å². The van der Waals surface area contributed by atoms with Crippen molar-refractivity contribution in [1.82, 2.24) is 19.9 Å². The van der Waals surface area contributed by atoms with Crippen LogP contribution in [0.1, 0.15) is 16.8 Å². The molecule has 1 N–H and O–H groups in total. The van der Waals surface area contributed by atoms with E-state index >= 15 is 0 Å². The average Bonchev–Trinajstić information content (AvgIpc) is 2.99. The Morgan fingerprint density at radius 2 is 2.07 bits per heavy atom. The standard InChI is InChI=1S/C21H24FN5O/c1-14-10-16(2-3-18(14)22)28-13-15-11-26(12-15)21-17-4-7-23-8-5-19(17)25-20-6-9-24-27(20)21/h2-3,6,9-10,15,23H,4-5,7-8,11-13H2,1H3. The monoisotopic (exact) mass is 381 g/mol. The van der Waals surface area contributed by atoms with E-state index < -0.39 is 0 Å². The van der Waals surface area contributed by atoms with Crippen LogP contribution >= 0.6 is 0 Å². The van der Waals surface area contributed by atoms with E-state index in [0.29, 0.717) is 18.1 Å². The highest BCUT2D eigenvalue weighted by Crippen LogP contribution is 2.31. The van der Waals surface area contributed by atoms with Crippen LogP contribution in [0.2, 0.25) is 0 Å². The Labute approximate surface area is 163 Å². The quantitative estimate of drug-likeness (QED) is 0.752. The smallest absolute Gasteiger partial charge is 0.157 e. The third-order valence-electron chi connectivity index (χ3n) is 5.65. The fraction of sp³-hybridized carbons (Fsp3) is 0.429. The van der Waals surface area contributed by atoms with Crippen molar-refractivity contribution in [1.29, 1.82) is 0 Å². The number of nitrogens with zero attached hydrogens (tertiary/aromatic N) is 4. The number of ether oxygens (including phenoxy) is 1. The number of benzene rings is 1. The number of rotatable bonds is 4. The van der Waals surface area contributed by atoms with Crippen LogP contribution in [0.25, 0.3) is 5.65 Å². The van der Waals surface area contributed by atoms with Crippen LogP contribution in [-0.4, -0.2) is 47.4 Å². The summed E-state index contributed by atoms with van der Waals surface area (Å²) in [6.45, 7) is 6.19. The van der Waals surface area contributed by atoms with Crippen molar-refractivity contribution in [3.05, 3.63) is 53.1 Å². The fourth-order valence-corrected chi connectivity index (χ4v) is 4.11. The molecule has 2 aromatic heterocycles. The molecular formula is C21H24FN5O. The van der Waals surface area contributed by atoms with Gasteiger partial charge in [0, 0.05) is 43.6 Å². The molecule has 2 aliphatic heterocycles. The molecule has 146 valence electrons. The number of hydrogen-bond donors (Lipinski definition) is 1. The van der Waals surface area contributed by atoms with Crippen molar-refractivity contribution in [2.75, 3.05) is 37.7 Å². The van der Waals surface area contributed by atoms with Gasteiger partial charge in [0.25, 0.3) is 0 Å². The first kappa shape index (κ1) is 17.4. The molecule has 4 heterocycles. The van der Waals surface area contributed by atoms with Crippen LogP contribution in [0.15, 0.2) is 30.5 Å². The summed E-state index contributed by atoms with van der Waals surface area (Å²) in [6.07, 6.45) is 3.74. The highest BCUT2D eigenvalue weighted by molar-refractivity contribution is 5.59. The lowest BCUT2D eigenvalue weighted by Gasteiger charge is -2.41. The maximum absolute atomic E-state index is 13.4. The van der Waals surface area contributed by atoms with E-state index in [9.17, 15) is 4.39 Å². The molecule has 6 nitrogen and oxygen atoms in total. The molecule has 0 radical (unpaired) electrons. The minimum atomic E-state index is -0.196. The second-order valence-corrected chi connectivity index (χ2v) is 7.70. The first-order chi connectivity index (χ1) is 13.7. The summed E-state index contributed by atoms with van der Waals surface area (Å²) in [7, 11) is 0. The van der Waals surface area contributed by atoms with Crippen LogP contribution in [0.3, 0.4) is 0 Å². The third kappa shape index (κ3) is 3.09. The Balaban J connectivity index is 1.32. The number of nitrogens with one attached hydrogen (secondary N) is 1. The molecule has 0 bridgehead atoms. The van der Waals surface area contributed by atoms with Crippen molar-refractivity contribution >= 4 is 11.5 Å². The largest absolute Gasteiger partial charge is 0.493 e. The second kappa shape index (κ2) is 7.05. The van der Waals surface area contributed by atoms with Gasteiger partial charge < -0.3 is 15.0 Å². The summed E-state index contributed by atoms with van der Waals surface area (Å²) < 4.78 is 21.3. The van der Waals surface area contributed by atoms with Gasteiger partial charge in [-0.2, -0.15) is 9.61 Å². The SMILES string of the molecule is Cc1cc(OCC2CN(c3c4c(nc5ccnn35)CCNCC4)C2)ccc1F. The summed E-state index contributed by atoms with van der Waals surface area (Å²) in [5.74, 6) is 2.17. The minimum Gasteiger partial charge on any atom is -0.493 e. The molecule has 1 aromatic carbocycles. The zero-order valence-corrected chi connectivity index (χ0v) is 16.0. The highest BCUT2D eigenvalue weighted by Gasteiger charge is 2.32. The summed E-state index contributed by atoms with van der Waals surface area (Å²) in [5.41, 5.74) is 4.03. The van der Waals surface area contributed by atoms with Gasteiger partial charge in [-0.25, -0.2) is 9.37 Å². The van der Waals surface area contributed by atoms with Crippen LogP contribution < -0.4 is 15.0 Å². The van der Waals surface area contributed by atoms with Gasteiger partial charge in [0.1, 0.15) is 17.4 Å². The van der Waals surface area contributed by atoms with Crippen molar-refractivity contribution in [2.24, 2.45) is 5.92 Å². The predicted molar refractivity (Wildman–Crippen MR) is 106 cm³/mol. The Morgan fingerprint density at radius 3 is 2.93 bits per heavy atom. The summed E-state index contributed by atoms with van der Waals surface area (Å²) in [4.78, 5) is 7.21. The Kier molecular flexibility index (Phi) is 4.39. The molecule has 5 rings (SSSR count). The lowest BCUT2D eigenvalue weighted by Crippen LogP contribution is -2.50. The van der Waals surface area contributed by atoms with E-state index in [1.165, 1.54) is 23.1 Å². The number of aromatic nitrogens is 3. The van der Waals surface area contributed by atoms with E-state index in [0.717, 1.165) is 50.4 Å². The second-order valence-electron chi connectivity index (χ2n) is 7.70. The summed E-state index contributed by atoms with van der Waals surface area (Å²) >= 11 is 0. The van der Waals surface area contributed by atoms with Crippen molar-refractivity contribution in [3.63, 3.8) is 0 Å². The van der Waals surface area contributed by atoms with Gasteiger partial charge in [0.2, 0.25) is 0 Å². The maximum atomic E-state index is 13.4. The molecule has 0 amide bonds. The van der Waals surface area contributed by atoms with Crippen molar-refractivity contribution in [3.8, 4) is 5.75 Å². The lowest BCUT2D eigenvalue weighted by molar-refractivity contribution is 0.219. The molecule has 1 fully saturated rings. The van der Waals surface area contributed by atoms with Crippen molar-refractivity contribution < 1.29 is 9.13 Å². The highest BCUT2D eigenvalue weighted by atomic mass is 19.1. The number of halogens is 1. The van der Waals surface area contributed by atoms with Gasteiger partial charge in [-0.1, -0.05) is 0 Å². The van der Waals surface area contributed by atoms with E-state index in [1.807, 2.05) is 16.8 Å². The Hall–Kier alpha value is -2.67. The Bertz CT molecular complexity index is 1010. The normalized spacial score (nSPS) is 17.3. The maximum Gasteiger partial charge on any atom is 0.157 e. The molecule has 2 aliphatic rings. The molecule has 0 atom stereocenters. The molecule has 28 heavy (non-hydrogen) atoms. The Morgan fingerprint density at radius 1 is 1.21 bits per heavy atom. The number of fused-ring (bicyclic) bond motifs is 2. The molecule has 1 saturated heterocycles. The molecule has 7 heteroatoms. The predicted octanol–water partition coefficient (Wildman–Crippen LogP) is 2.38. The summed E-state index contributed by atoms with van der Waals surface area (Å²) in [6, 6.07) is 6.89. The van der Waals surface area contributed by atoms with Gasteiger partial charge in [-0.15, -0.1) is 0 Å². The number of anilines is 1. The topological polar surface area (TPSA) is 54.7 Å². The van der Waals surface area contributed by atoms with Crippen LogP contribution in [0.4, 0.5) is 10.2 Å². The van der Waals surface area contributed by atoms with Gasteiger partial charge in [-0.3, -0.25) is 0 Å². The lowest BCUT2D eigenvalue weighted by atomic mass is 9.99. The van der Waals surface area contributed by atoms with E-state index in [1.54, 1.807) is 19.1 Å². The number of hydrogen-bond acceptors (Lipinski definition) is 5. The van der Waals surface area contributed by atoms with Gasteiger partial charge in [0.05, 0.1) is 18.5 Å². The molecule has 0 unspecified atom stereocenters. The number of aryl methyl sites for hydroxylation is 1. The van der Waals surface area contributed by atoms with Crippen molar-refractivity contribution in [2.45, 2.75) is 19.8 Å². The first-order valence-corrected chi connectivity index (χ1v) is 9.89. The van der Waals surface area contributed by atoms with E-state index in [-0.39, 0.29) is 5.82 Å². The molecule has 3 aromatic rings. The first-order valence-electron chi connectivity index (χ1n) is 9.89. The summed E-state index contributed by atoms with van der Waals surface area (Å²) in [5, 5.41) is 7.99. The molecular weight excluding hydrogens is 357 g/mol. The van der Waals surface area contributed by atoms with Gasteiger partial charge in [0.15, 0.2) is 5.65 Å². The van der Waals surface area contributed by atoms with Crippen LogP contribution in [0.5, 0.6) is 5.75 Å². The molecule has 0 spiro atoms. The average molecular weight is 381 g/mol.